The van der Waals surface area contributed by atoms with Crippen LogP contribution in [0.1, 0.15) is 13.3 Å². The van der Waals surface area contributed by atoms with E-state index in [2.05, 4.69) is 0 Å². The summed E-state index contributed by atoms with van der Waals surface area (Å²) < 4.78 is 26.3. The molecule has 2 rings (SSSR count). The van der Waals surface area contributed by atoms with Crippen molar-refractivity contribution in [2.45, 2.75) is 24.3 Å². The Kier molecular flexibility index (Phi) is 4.06. The van der Waals surface area contributed by atoms with Crippen molar-refractivity contribution in [3.63, 3.8) is 0 Å². The molecule has 2 atom stereocenters. The summed E-state index contributed by atoms with van der Waals surface area (Å²) in [5, 5.41) is 9.93. The van der Waals surface area contributed by atoms with E-state index in [9.17, 15) is 13.5 Å². The van der Waals surface area contributed by atoms with E-state index in [4.69, 9.17) is 17.3 Å². The fourth-order valence-electron chi connectivity index (χ4n) is 2.16. The van der Waals surface area contributed by atoms with Crippen molar-refractivity contribution in [3.8, 4) is 0 Å². The van der Waals surface area contributed by atoms with Crippen molar-refractivity contribution >= 4 is 27.3 Å². The molecule has 0 bridgehead atoms. The van der Waals surface area contributed by atoms with Crippen LogP contribution in [0.25, 0.3) is 0 Å². The first-order valence-corrected chi connectivity index (χ1v) is 7.88. The number of anilines is 1. The lowest BCUT2D eigenvalue weighted by Gasteiger charge is -2.33. The summed E-state index contributed by atoms with van der Waals surface area (Å²) in [4.78, 5) is -0.0709. The zero-order chi connectivity index (χ0) is 14.2. The number of β-amino-alcohol motifs (C(OH)–C–C–N with tert-alkyl or cyclic N) is 1. The van der Waals surface area contributed by atoms with Gasteiger partial charge in [-0.15, -0.1) is 0 Å². The van der Waals surface area contributed by atoms with E-state index in [1.165, 1.54) is 16.4 Å². The van der Waals surface area contributed by atoms with E-state index in [0.29, 0.717) is 13.0 Å². The van der Waals surface area contributed by atoms with Crippen molar-refractivity contribution in [1.82, 2.24) is 4.31 Å². The third-order valence-electron chi connectivity index (χ3n) is 3.48. The summed E-state index contributed by atoms with van der Waals surface area (Å²) in [5.74, 6) is 0.0926. The number of aliphatic hydroxyl groups excluding tert-OH is 1. The Balaban J connectivity index is 2.38. The highest BCUT2D eigenvalue weighted by Gasteiger charge is 2.34. The monoisotopic (exact) mass is 304 g/mol. The van der Waals surface area contributed by atoms with Gasteiger partial charge in [0.2, 0.25) is 10.0 Å². The van der Waals surface area contributed by atoms with Gasteiger partial charge in [0.05, 0.1) is 16.8 Å². The highest BCUT2D eigenvalue weighted by atomic mass is 35.5. The molecule has 1 aliphatic heterocycles. The maximum Gasteiger partial charge on any atom is 0.246 e. The molecule has 19 heavy (non-hydrogen) atoms. The van der Waals surface area contributed by atoms with Crippen LogP contribution in [-0.2, 0) is 10.0 Å². The van der Waals surface area contributed by atoms with Gasteiger partial charge in [-0.3, -0.25) is 0 Å². The van der Waals surface area contributed by atoms with Crippen molar-refractivity contribution in [3.05, 3.63) is 23.2 Å². The zero-order valence-corrected chi connectivity index (χ0v) is 12.2. The molecular formula is C12H17ClN2O3S. The molecule has 1 aromatic rings. The predicted molar refractivity (Wildman–Crippen MR) is 74.4 cm³/mol. The van der Waals surface area contributed by atoms with Crippen LogP contribution in [-0.4, -0.2) is 37.0 Å². The van der Waals surface area contributed by atoms with Gasteiger partial charge in [0, 0.05) is 13.1 Å². The van der Waals surface area contributed by atoms with Crippen LogP contribution >= 0.6 is 11.6 Å². The average molecular weight is 305 g/mol. The Morgan fingerprint density at radius 3 is 2.74 bits per heavy atom. The third-order valence-corrected chi connectivity index (χ3v) is 5.89. The second-order valence-electron chi connectivity index (χ2n) is 4.85. The van der Waals surface area contributed by atoms with E-state index in [0.717, 1.165) is 0 Å². The maximum absolute atomic E-state index is 12.5. The summed E-state index contributed by atoms with van der Waals surface area (Å²) in [7, 11) is -3.76. The molecule has 0 radical (unpaired) electrons. The van der Waals surface area contributed by atoms with Crippen LogP contribution in [0.5, 0.6) is 0 Å². The lowest BCUT2D eigenvalue weighted by molar-refractivity contribution is 0.0605. The smallest absolute Gasteiger partial charge is 0.246 e. The van der Waals surface area contributed by atoms with Gasteiger partial charge in [0.1, 0.15) is 4.90 Å². The first-order valence-electron chi connectivity index (χ1n) is 6.06. The topological polar surface area (TPSA) is 83.6 Å². The molecule has 106 valence electrons. The number of hydrogen-bond donors (Lipinski definition) is 2. The van der Waals surface area contributed by atoms with E-state index in [-0.39, 0.29) is 28.1 Å². The Hall–Kier alpha value is -0.820. The van der Waals surface area contributed by atoms with Crippen LogP contribution in [0.3, 0.4) is 0 Å². The zero-order valence-electron chi connectivity index (χ0n) is 10.6. The number of nitrogens with zero attached hydrogens (tertiary/aromatic N) is 1. The van der Waals surface area contributed by atoms with Gasteiger partial charge in [-0.2, -0.15) is 4.31 Å². The van der Waals surface area contributed by atoms with Crippen LogP contribution in [0.2, 0.25) is 5.02 Å². The molecule has 1 saturated heterocycles. The van der Waals surface area contributed by atoms with Gasteiger partial charge in [-0.05, 0) is 24.5 Å². The van der Waals surface area contributed by atoms with Gasteiger partial charge in [0.15, 0.2) is 0 Å². The first kappa shape index (κ1) is 14.6. The molecule has 0 saturated carbocycles. The second kappa shape index (κ2) is 5.28. The Bertz CT molecular complexity index is 556. The molecule has 2 unspecified atom stereocenters. The van der Waals surface area contributed by atoms with E-state index < -0.39 is 16.1 Å². The second-order valence-corrected chi connectivity index (χ2v) is 7.14. The standard InChI is InChI=1S/C12H17ClN2O3S/c1-8-5-6-15(7-11(8)16)19(17,18)12-9(13)3-2-4-10(12)14/h2-4,8,11,16H,5-7,14H2,1H3. The Labute approximate surface area is 118 Å². The number of benzene rings is 1. The first-order chi connectivity index (χ1) is 8.84. The minimum Gasteiger partial charge on any atom is -0.398 e. The van der Waals surface area contributed by atoms with Crippen molar-refractivity contribution in [1.29, 1.82) is 0 Å². The van der Waals surface area contributed by atoms with Gasteiger partial charge in [-0.25, -0.2) is 8.42 Å². The number of hydrogen-bond acceptors (Lipinski definition) is 4. The maximum atomic E-state index is 12.5. The summed E-state index contributed by atoms with van der Waals surface area (Å²) in [6, 6.07) is 4.60. The molecular weight excluding hydrogens is 288 g/mol. The van der Waals surface area contributed by atoms with E-state index in [1.807, 2.05) is 6.92 Å². The van der Waals surface area contributed by atoms with Crippen molar-refractivity contribution < 1.29 is 13.5 Å². The average Bonchev–Trinajstić information content (AvgIpc) is 2.32. The Morgan fingerprint density at radius 1 is 1.47 bits per heavy atom. The lowest BCUT2D eigenvalue weighted by Crippen LogP contribution is -2.45. The number of halogens is 1. The molecule has 1 fully saturated rings. The van der Waals surface area contributed by atoms with Crippen LogP contribution in [0.15, 0.2) is 23.1 Å². The van der Waals surface area contributed by atoms with Crippen molar-refractivity contribution in [2.24, 2.45) is 5.92 Å². The molecule has 1 heterocycles. The summed E-state index contributed by atoms with van der Waals surface area (Å²) in [5.41, 5.74) is 5.85. The molecule has 7 heteroatoms. The minimum absolute atomic E-state index is 0.0709. The van der Waals surface area contributed by atoms with Gasteiger partial charge in [-0.1, -0.05) is 24.6 Å². The van der Waals surface area contributed by atoms with E-state index in [1.54, 1.807) is 6.07 Å². The van der Waals surface area contributed by atoms with Gasteiger partial charge >= 0.3 is 0 Å². The predicted octanol–water partition coefficient (Wildman–Crippen LogP) is 1.31. The quantitative estimate of drug-likeness (QED) is 0.807. The molecule has 1 aliphatic rings. The molecule has 0 amide bonds. The molecule has 5 nitrogen and oxygen atoms in total. The fraction of sp³-hybridized carbons (Fsp3) is 0.500. The largest absolute Gasteiger partial charge is 0.398 e. The number of piperidine rings is 1. The van der Waals surface area contributed by atoms with Gasteiger partial charge in [0.25, 0.3) is 0 Å². The number of sulfonamides is 1. The van der Waals surface area contributed by atoms with Crippen LogP contribution in [0, 0.1) is 5.92 Å². The minimum atomic E-state index is -3.76. The number of rotatable bonds is 2. The SMILES string of the molecule is CC1CCN(S(=O)(=O)c2c(N)cccc2Cl)CC1O. The number of nitrogen functional groups attached to an aromatic ring is 1. The molecule has 3 N–H and O–H groups in total. The third kappa shape index (κ3) is 2.72. The lowest BCUT2D eigenvalue weighted by atomic mass is 9.98. The van der Waals surface area contributed by atoms with Gasteiger partial charge < -0.3 is 10.8 Å². The van der Waals surface area contributed by atoms with Crippen LogP contribution < -0.4 is 5.73 Å². The normalized spacial score (nSPS) is 25.4. The summed E-state index contributed by atoms with van der Waals surface area (Å²) >= 11 is 5.95. The highest BCUT2D eigenvalue weighted by Crippen LogP contribution is 2.32. The number of nitrogens with two attached hydrogens (primary N) is 1. The molecule has 1 aromatic carbocycles. The molecule has 0 aromatic heterocycles. The fourth-order valence-corrected chi connectivity index (χ4v) is 4.27. The molecule has 0 spiro atoms. The summed E-state index contributed by atoms with van der Waals surface area (Å²) in [6.45, 7) is 2.35. The summed E-state index contributed by atoms with van der Waals surface area (Å²) in [6.07, 6.45) is -0.0441. The number of aliphatic hydroxyl groups is 1. The van der Waals surface area contributed by atoms with Crippen molar-refractivity contribution in [2.75, 3.05) is 18.8 Å². The van der Waals surface area contributed by atoms with E-state index >= 15 is 0 Å². The Morgan fingerprint density at radius 2 is 2.16 bits per heavy atom. The molecule has 0 aliphatic carbocycles. The highest BCUT2D eigenvalue weighted by molar-refractivity contribution is 7.89. The van der Waals surface area contributed by atoms with Crippen LogP contribution in [0.4, 0.5) is 5.69 Å².